The average molecular weight is 341 g/mol. The molecular formula is C15H24N3O4P. The summed E-state index contributed by atoms with van der Waals surface area (Å²) in [5.41, 5.74) is 1.31. The minimum atomic E-state index is -3.63. The molecule has 1 aromatic carbocycles. The maximum atomic E-state index is 12.7. The summed E-state index contributed by atoms with van der Waals surface area (Å²) >= 11 is 0. The smallest absolute Gasteiger partial charge is 0.411 e. The highest BCUT2D eigenvalue weighted by atomic mass is 31.2. The van der Waals surface area contributed by atoms with Crippen molar-refractivity contribution in [3.63, 3.8) is 0 Å². The van der Waals surface area contributed by atoms with Gasteiger partial charge in [-0.1, -0.05) is 35.5 Å². The fourth-order valence-electron chi connectivity index (χ4n) is 1.74. The molecule has 0 aliphatic carbocycles. The third-order valence-corrected chi connectivity index (χ3v) is 4.27. The lowest BCUT2D eigenvalue weighted by atomic mass is 10.1. The van der Waals surface area contributed by atoms with Crippen molar-refractivity contribution in [1.29, 1.82) is 0 Å². The molecule has 0 saturated carbocycles. The van der Waals surface area contributed by atoms with Crippen molar-refractivity contribution in [2.24, 2.45) is 10.3 Å². The van der Waals surface area contributed by atoms with Crippen molar-refractivity contribution in [2.75, 3.05) is 0 Å². The molecule has 0 aliphatic rings. The number of hydrogen-bond acceptors (Lipinski definition) is 6. The Balaban J connectivity index is 3.13. The summed E-state index contributed by atoms with van der Waals surface area (Å²) < 4.78 is 23.4. The zero-order valence-corrected chi connectivity index (χ0v) is 14.9. The van der Waals surface area contributed by atoms with Gasteiger partial charge in [0.25, 0.3) is 0 Å². The van der Waals surface area contributed by atoms with Gasteiger partial charge in [-0.3, -0.25) is 9.05 Å². The topological polar surface area (TPSA) is 92.5 Å². The molecular weight excluding hydrogens is 317 g/mol. The van der Waals surface area contributed by atoms with Gasteiger partial charge >= 0.3 is 7.75 Å². The molecule has 8 heteroatoms. The zero-order chi connectivity index (χ0) is 17.5. The van der Waals surface area contributed by atoms with Crippen molar-refractivity contribution in [1.82, 2.24) is 5.20 Å². The van der Waals surface area contributed by atoms with Gasteiger partial charge in [-0.2, -0.15) is 5.10 Å². The number of nitrogens with one attached hydrogen (secondary N) is 1. The van der Waals surface area contributed by atoms with Crippen LogP contribution in [0.4, 0.5) is 0 Å². The second-order valence-corrected chi connectivity index (χ2v) is 7.03. The number of nitrogens with zero attached hydrogens (tertiary/aromatic N) is 2. The van der Waals surface area contributed by atoms with Crippen molar-refractivity contribution in [3.05, 3.63) is 35.9 Å². The third kappa shape index (κ3) is 6.52. The lowest BCUT2D eigenvalue weighted by Gasteiger charge is -2.21. The number of hydrogen-bond donors (Lipinski definition) is 2. The van der Waals surface area contributed by atoms with Crippen molar-refractivity contribution in [3.8, 4) is 0 Å². The molecule has 0 spiro atoms. The molecule has 0 amide bonds. The highest BCUT2D eigenvalue weighted by molar-refractivity contribution is 7.51. The van der Waals surface area contributed by atoms with Crippen LogP contribution in [-0.2, 0) is 13.6 Å². The van der Waals surface area contributed by atoms with E-state index in [1.54, 1.807) is 46.8 Å². The van der Waals surface area contributed by atoms with E-state index in [4.69, 9.17) is 14.3 Å². The van der Waals surface area contributed by atoms with Crippen molar-refractivity contribution in [2.45, 2.75) is 46.8 Å². The first-order valence-electron chi connectivity index (χ1n) is 7.33. The second-order valence-electron chi connectivity index (χ2n) is 5.42. The first-order valence-corrected chi connectivity index (χ1v) is 8.88. The van der Waals surface area contributed by atoms with E-state index in [1.807, 2.05) is 18.2 Å². The maximum Gasteiger partial charge on any atom is 0.448 e. The predicted octanol–water partition coefficient (Wildman–Crippen LogP) is 3.79. The second kappa shape index (κ2) is 8.82. The fraction of sp³-hybridized carbons (Fsp3) is 0.467. The summed E-state index contributed by atoms with van der Waals surface area (Å²) in [6.07, 6.45) is -0.620. The van der Waals surface area contributed by atoms with Crippen molar-refractivity contribution < 1.29 is 18.8 Å². The number of rotatable bonds is 8. The lowest BCUT2D eigenvalue weighted by Crippen LogP contribution is -2.21. The van der Waals surface area contributed by atoms with Crippen LogP contribution in [0.2, 0.25) is 0 Å². The SMILES string of the molecule is CC(=N\O)/C(=N/NP(=O)(OC(C)C)OC(C)C)c1ccccc1. The predicted molar refractivity (Wildman–Crippen MR) is 91.1 cm³/mol. The lowest BCUT2D eigenvalue weighted by molar-refractivity contribution is 0.136. The average Bonchev–Trinajstić information content (AvgIpc) is 2.46. The molecule has 0 radical (unpaired) electrons. The van der Waals surface area contributed by atoms with Crippen molar-refractivity contribution >= 4 is 19.2 Å². The Morgan fingerprint density at radius 1 is 1.13 bits per heavy atom. The van der Waals surface area contributed by atoms with Crippen LogP contribution in [0.25, 0.3) is 0 Å². The minimum Gasteiger partial charge on any atom is -0.411 e. The van der Waals surface area contributed by atoms with E-state index in [1.165, 1.54) is 0 Å². The molecule has 0 bridgehead atoms. The molecule has 23 heavy (non-hydrogen) atoms. The molecule has 0 saturated heterocycles. The van der Waals surface area contributed by atoms with Crippen LogP contribution in [0.15, 0.2) is 40.6 Å². The summed E-state index contributed by atoms with van der Waals surface area (Å²) in [6, 6.07) is 9.10. The van der Waals surface area contributed by atoms with Gasteiger partial charge in [0.15, 0.2) is 0 Å². The van der Waals surface area contributed by atoms with E-state index in [9.17, 15) is 4.57 Å². The van der Waals surface area contributed by atoms with E-state index in [-0.39, 0.29) is 17.9 Å². The Morgan fingerprint density at radius 3 is 2.09 bits per heavy atom. The standard InChI is InChI=1S/C15H24N3O4P/c1-11(2)21-23(20,22-12(3)4)18-16-15(13(5)17-19)14-9-7-6-8-10-14/h6-12,19H,1-5H3,(H,18,20)/b16-15-,17-13+. The van der Waals surface area contributed by atoms with E-state index in [2.05, 4.69) is 15.5 Å². The summed E-state index contributed by atoms with van der Waals surface area (Å²) in [5.74, 6) is 0. The highest BCUT2D eigenvalue weighted by Crippen LogP contribution is 2.46. The van der Waals surface area contributed by atoms with Gasteiger partial charge in [0.05, 0.1) is 12.2 Å². The molecule has 0 fully saturated rings. The van der Waals surface area contributed by atoms with Crippen LogP contribution in [0, 0.1) is 0 Å². The van der Waals surface area contributed by atoms with Crippen LogP contribution in [-0.4, -0.2) is 28.8 Å². The van der Waals surface area contributed by atoms with Crippen LogP contribution >= 0.6 is 7.75 Å². The van der Waals surface area contributed by atoms with Gasteiger partial charge in [-0.05, 0) is 34.6 Å². The Kier molecular flexibility index (Phi) is 7.42. The van der Waals surface area contributed by atoms with Gasteiger partial charge in [0, 0.05) is 5.56 Å². The first kappa shape index (κ1) is 19.4. The largest absolute Gasteiger partial charge is 0.448 e. The van der Waals surface area contributed by atoms with E-state index in [0.29, 0.717) is 11.3 Å². The quantitative estimate of drug-likeness (QED) is 0.325. The molecule has 2 N–H and O–H groups in total. The summed E-state index contributed by atoms with van der Waals surface area (Å²) in [4.78, 5) is 0. The zero-order valence-electron chi connectivity index (χ0n) is 14.1. The Bertz CT molecular complexity index is 586. The van der Waals surface area contributed by atoms with Crippen LogP contribution in [0.3, 0.4) is 0 Å². The first-order chi connectivity index (χ1) is 10.8. The molecule has 0 heterocycles. The molecule has 0 atom stereocenters. The molecule has 0 aromatic heterocycles. The highest BCUT2D eigenvalue weighted by Gasteiger charge is 2.28. The van der Waals surface area contributed by atoms with Gasteiger partial charge in [0.1, 0.15) is 11.4 Å². The number of benzene rings is 1. The van der Waals surface area contributed by atoms with Crippen LogP contribution in [0.5, 0.6) is 0 Å². The summed E-state index contributed by atoms with van der Waals surface area (Å²) in [6.45, 7) is 8.59. The Morgan fingerprint density at radius 2 is 1.65 bits per heavy atom. The van der Waals surface area contributed by atoms with E-state index >= 15 is 0 Å². The van der Waals surface area contributed by atoms with Gasteiger partial charge in [-0.25, -0.2) is 9.76 Å². The van der Waals surface area contributed by atoms with Gasteiger partial charge in [-0.15, -0.1) is 0 Å². The third-order valence-electron chi connectivity index (χ3n) is 2.52. The minimum absolute atomic E-state index is 0.268. The van der Waals surface area contributed by atoms with E-state index in [0.717, 1.165) is 0 Å². The number of hydrazone groups is 1. The van der Waals surface area contributed by atoms with Gasteiger partial charge in [0.2, 0.25) is 0 Å². The molecule has 0 aliphatic heterocycles. The summed E-state index contributed by atoms with van der Waals surface area (Å²) in [7, 11) is -3.63. The molecule has 7 nitrogen and oxygen atoms in total. The molecule has 0 unspecified atom stereocenters. The van der Waals surface area contributed by atoms with E-state index < -0.39 is 7.75 Å². The normalized spacial score (nSPS) is 13.7. The monoisotopic (exact) mass is 341 g/mol. The molecule has 1 aromatic rings. The molecule has 128 valence electrons. The van der Waals surface area contributed by atoms with Crippen LogP contribution in [0.1, 0.15) is 40.2 Å². The number of oxime groups is 1. The molecule has 1 rings (SSSR count). The van der Waals surface area contributed by atoms with Crippen LogP contribution < -0.4 is 5.20 Å². The van der Waals surface area contributed by atoms with Gasteiger partial charge < -0.3 is 5.21 Å². The summed E-state index contributed by atoms with van der Waals surface area (Å²) in [5, 5.41) is 18.8. The maximum absolute atomic E-state index is 12.7. The Labute approximate surface area is 137 Å². The fourth-order valence-corrected chi connectivity index (χ4v) is 3.21. The Hall–Kier alpha value is -1.69.